The quantitative estimate of drug-likeness (QED) is 0.860. The lowest BCUT2D eigenvalue weighted by Gasteiger charge is -2.26. The Balaban J connectivity index is 2.34. The highest BCUT2D eigenvalue weighted by Gasteiger charge is 2.21. The van der Waals surface area contributed by atoms with Crippen molar-refractivity contribution in [3.05, 3.63) is 27.7 Å². The van der Waals surface area contributed by atoms with E-state index in [2.05, 4.69) is 27.8 Å². The summed E-state index contributed by atoms with van der Waals surface area (Å²) in [7, 11) is 1.50. The van der Waals surface area contributed by atoms with Crippen LogP contribution in [0.3, 0.4) is 0 Å². The maximum atomic E-state index is 12.0. The number of aromatic hydroxyl groups is 1. The average Bonchev–Trinajstić information content (AvgIpc) is 2.46. The predicted molar refractivity (Wildman–Crippen MR) is 82.1 cm³/mol. The fourth-order valence-corrected chi connectivity index (χ4v) is 2.69. The van der Waals surface area contributed by atoms with Crippen LogP contribution < -0.4 is 4.74 Å². The molecule has 1 aliphatic heterocycles. The summed E-state index contributed by atoms with van der Waals surface area (Å²) in [5, 5.41) is 9.98. The standard InChI is InChI=1S/C15H18BrNO3/c1-3-17-7-6-12(18)11(9-17)8-10-4-5-13(20-2)15(19)14(10)16/h4-5,8,19H,3,6-7,9H2,1-2H3/b11-8+. The summed E-state index contributed by atoms with van der Waals surface area (Å²) in [4.78, 5) is 14.2. The van der Waals surface area contributed by atoms with Gasteiger partial charge in [0.15, 0.2) is 17.3 Å². The number of rotatable bonds is 3. The van der Waals surface area contributed by atoms with E-state index < -0.39 is 0 Å². The molecule has 1 aliphatic rings. The first-order valence-electron chi connectivity index (χ1n) is 6.58. The van der Waals surface area contributed by atoms with Crippen LogP contribution in [0, 0.1) is 0 Å². The molecule has 0 amide bonds. The summed E-state index contributed by atoms with van der Waals surface area (Å²) in [6.45, 7) is 4.50. The van der Waals surface area contributed by atoms with E-state index in [1.54, 1.807) is 6.07 Å². The Bertz CT molecular complexity index is 554. The summed E-state index contributed by atoms with van der Waals surface area (Å²) in [5.41, 5.74) is 1.56. The Morgan fingerprint density at radius 2 is 2.25 bits per heavy atom. The van der Waals surface area contributed by atoms with Gasteiger partial charge in [-0.1, -0.05) is 6.92 Å². The van der Waals surface area contributed by atoms with Gasteiger partial charge in [-0.15, -0.1) is 0 Å². The normalized spacial score (nSPS) is 18.6. The number of hydrogen-bond acceptors (Lipinski definition) is 4. The van der Waals surface area contributed by atoms with Gasteiger partial charge >= 0.3 is 0 Å². The van der Waals surface area contributed by atoms with Crippen molar-refractivity contribution < 1.29 is 14.6 Å². The smallest absolute Gasteiger partial charge is 0.172 e. The van der Waals surface area contributed by atoms with Gasteiger partial charge in [0.25, 0.3) is 0 Å². The van der Waals surface area contributed by atoms with Crippen molar-refractivity contribution in [2.45, 2.75) is 13.3 Å². The first-order chi connectivity index (χ1) is 9.56. The number of benzene rings is 1. The molecule has 0 aliphatic carbocycles. The molecule has 2 rings (SSSR count). The molecule has 0 spiro atoms. The molecular weight excluding hydrogens is 322 g/mol. The van der Waals surface area contributed by atoms with Crippen molar-refractivity contribution in [3.63, 3.8) is 0 Å². The summed E-state index contributed by atoms with van der Waals surface area (Å²) < 4.78 is 5.60. The van der Waals surface area contributed by atoms with Gasteiger partial charge in [-0.2, -0.15) is 0 Å². The highest BCUT2D eigenvalue weighted by molar-refractivity contribution is 9.10. The van der Waals surface area contributed by atoms with Gasteiger partial charge in [0.2, 0.25) is 0 Å². The van der Waals surface area contributed by atoms with Gasteiger partial charge < -0.3 is 9.84 Å². The second-order valence-corrected chi connectivity index (χ2v) is 5.52. The summed E-state index contributed by atoms with van der Waals surface area (Å²) in [5.74, 6) is 0.638. The molecule has 20 heavy (non-hydrogen) atoms. The molecular formula is C15H18BrNO3. The summed E-state index contributed by atoms with van der Waals surface area (Å²) in [6.07, 6.45) is 2.40. The third kappa shape index (κ3) is 3.04. The number of hydrogen-bond donors (Lipinski definition) is 1. The van der Waals surface area contributed by atoms with Gasteiger partial charge in [0.05, 0.1) is 11.6 Å². The Hall–Kier alpha value is -1.33. The predicted octanol–water partition coefficient (Wildman–Crippen LogP) is 2.84. The van der Waals surface area contributed by atoms with E-state index in [0.717, 1.165) is 24.2 Å². The monoisotopic (exact) mass is 339 g/mol. The van der Waals surface area contributed by atoms with Crippen molar-refractivity contribution in [1.82, 2.24) is 4.90 Å². The van der Waals surface area contributed by atoms with Crippen LogP contribution in [0.5, 0.6) is 11.5 Å². The highest BCUT2D eigenvalue weighted by atomic mass is 79.9. The molecule has 1 heterocycles. The van der Waals surface area contributed by atoms with E-state index in [1.807, 2.05) is 12.1 Å². The second kappa shape index (κ2) is 6.41. The van der Waals surface area contributed by atoms with Crippen molar-refractivity contribution in [3.8, 4) is 11.5 Å². The molecule has 4 nitrogen and oxygen atoms in total. The van der Waals surface area contributed by atoms with Gasteiger partial charge in [0, 0.05) is 25.1 Å². The number of carbonyl (C=O) groups is 1. The minimum absolute atomic E-state index is 0.0532. The van der Waals surface area contributed by atoms with Crippen LogP contribution >= 0.6 is 15.9 Å². The Morgan fingerprint density at radius 3 is 2.90 bits per heavy atom. The molecule has 1 saturated heterocycles. The first kappa shape index (κ1) is 15.1. The number of methoxy groups -OCH3 is 1. The van der Waals surface area contributed by atoms with E-state index >= 15 is 0 Å². The molecule has 0 atom stereocenters. The maximum absolute atomic E-state index is 12.0. The molecule has 1 fully saturated rings. The summed E-state index contributed by atoms with van der Waals surface area (Å²) >= 11 is 3.35. The number of phenolic OH excluding ortho intramolecular Hbond substituents is 1. The zero-order valence-corrected chi connectivity index (χ0v) is 13.2. The molecule has 0 saturated carbocycles. The zero-order valence-electron chi connectivity index (χ0n) is 11.6. The van der Waals surface area contributed by atoms with Crippen LogP contribution in [-0.2, 0) is 4.79 Å². The number of likely N-dealkylation sites (N-methyl/N-ethyl adjacent to an activating group) is 1. The third-order valence-electron chi connectivity index (χ3n) is 3.51. The molecule has 0 bridgehead atoms. The highest BCUT2D eigenvalue weighted by Crippen LogP contribution is 2.37. The fourth-order valence-electron chi connectivity index (χ4n) is 2.25. The topological polar surface area (TPSA) is 49.8 Å². The fraction of sp³-hybridized carbons (Fsp3) is 0.400. The molecule has 1 aromatic rings. The maximum Gasteiger partial charge on any atom is 0.172 e. The Kier molecular flexibility index (Phi) is 4.83. The summed E-state index contributed by atoms with van der Waals surface area (Å²) in [6, 6.07) is 3.52. The number of Topliss-reactive ketones (excluding diaryl/α,β-unsaturated/α-hetero) is 1. The number of phenols is 1. The van der Waals surface area contributed by atoms with Gasteiger partial charge in [-0.3, -0.25) is 9.69 Å². The number of ether oxygens (including phenoxy) is 1. The number of likely N-dealkylation sites (tertiary alicyclic amines) is 1. The van der Waals surface area contributed by atoms with Crippen LogP contribution in [0.25, 0.3) is 6.08 Å². The molecule has 5 heteroatoms. The number of carbonyl (C=O) groups excluding carboxylic acids is 1. The number of ketones is 1. The van der Waals surface area contributed by atoms with Crippen LogP contribution in [-0.4, -0.2) is 42.5 Å². The van der Waals surface area contributed by atoms with Crippen LogP contribution in [0.2, 0.25) is 0 Å². The van der Waals surface area contributed by atoms with E-state index in [0.29, 0.717) is 23.2 Å². The number of nitrogens with zero attached hydrogens (tertiary/aromatic N) is 1. The van der Waals surface area contributed by atoms with Gasteiger partial charge in [0.1, 0.15) is 0 Å². The number of piperidine rings is 1. The minimum atomic E-state index is 0.0532. The largest absolute Gasteiger partial charge is 0.503 e. The van der Waals surface area contributed by atoms with Crippen molar-refractivity contribution >= 4 is 27.8 Å². The van der Waals surface area contributed by atoms with Crippen LogP contribution in [0.4, 0.5) is 0 Å². The van der Waals surface area contributed by atoms with Crippen molar-refractivity contribution in [2.24, 2.45) is 0 Å². The second-order valence-electron chi connectivity index (χ2n) is 4.73. The van der Waals surface area contributed by atoms with Gasteiger partial charge in [-0.25, -0.2) is 0 Å². The SMILES string of the molecule is CCN1CCC(=O)/C(=C/c2ccc(OC)c(O)c2Br)C1. The molecule has 1 aromatic carbocycles. The van der Waals surface area contributed by atoms with Crippen molar-refractivity contribution in [2.75, 3.05) is 26.7 Å². The molecule has 108 valence electrons. The third-order valence-corrected chi connectivity index (χ3v) is 4.35. The molecule has 0 radical (unpaired) electrons. The first-order valence-corrected chi connectivity index (χ1v) is 7.37. The van der Waals surface area contributed by atoms with Crippen LogP contribution in [0.15, 0.2) is 22.2 Å². The lowest BCUT2D eigenvalue weighted by atomic mass is 10.0. The van der Waals surface area contributed by atoms with E-state index in [-0.39, 0.29) is 11.5 Å². The lowest BCUT2D eigenvalue weighted by molar-refractivity contribution is -0.117. The Morgan fingerprint density at radius 1 is 1.50 bits per heavy atom. The van der Waals surface area contributed by atoms with Gasteiger partial charge in [-0.05, 0) is 46.2 Å². The molecule has 0 aromatic heterocycles. The number of halogens is 1. The Labute approximate surface area is 127 Å². The van der Waals surface area contributed by atoms with Crippen LogP contribution in [0.1, 0.15) is 18.9 Å². The minimum Gasteiger partial charge on any atom is -0.503 e. The molecule has 1 N–H and O–H groups in total. The van der Waals surface area contributed by atoms with E-state index in [4.69, 9.17) is 4.74 Å². The average molecular weight is 340 g/mol. The zero-order chi connectivity index (χ0) is 14.7. The van der Waals surface area contributed by atoms with E-state index in [1.165, 1.54) is 7.11 Å². The molecule has 0 unspecified atom stereocenters. The lowest BCUT2D eigenvalue weighted by Crippen LogP contribution is -2.35. The van der Waals surface area contributed by atoms with E-state index in [9.17, 15) is 9.90 Å². The van der Waals surface area contributed by atoms with Crippen molar-refractivity contribution in [1.29, 1.82) is 0 Å².